The van der Waals surface area contributed by atoms with E-state index in [-0.39, 0.29) is 32.4 Å². The molecule has 1 aliphatic carbocycles. The standard InChI is InChI=1S/C17H22F3NO3/c1-12(21-11-23-14-5-3-2-4-6-14)16(22)24-15-9-7-13(8-10-15)17(18,19)20/h2-6,12-13,15,21H,7-11H2,1H3/t12-,13-,15-/m0/s1. The zero-order valence-electron chi connectivity index (χ0n) is 13.5. The third kappa shape index (κ3) is 5.70. The van der Waals surface area contributed by atoms with Gasteiger partial charge in [-0.3, -0.25) is 10.1 Å². The fourth-order valence-electron chi connectivity index (χ4n) is 2.62. The molecule has 2 rings (SSSR count). The molecule has 1 atom stereocenters. The van der Waals surface area contributed by atoms with Crippen molar-refractivity contribution in [3.05, 3.63) is 30.3 Å². The molecule has 0 radical (unpaired) electrons. The normalized spacial score (nSPS) is 22.7. The van der Waals surface area contributed by atoms with E-state index in [0.29, 0.717) is 5.75 Å². The summed E-state index contributed by atoms with van der Waals surface area (Å²) in [6, 6.07) is 8.55. The van der Waals surface area contributed by atoms with Gasteiger partial charge < -0.3 is 9.47 Å². The molecule has 4 nitrogen and oxygen atoms in total. The summed E-state index contributed by atoms with van der Waals surface area (Å²) in [6.07, 6.45) is -4.05. The number of hydrogen-bond acceptors (Lipinski definition) is 4. The Labute approximate surface area is 139 Å². The minimum atomic E-state index is -4.15. The largest absolute Gasteiger partial charge is 0.478 e. The summed E-state index contributed by atoms with van der Waals surface area (Å²) >= 11 is 0. The number of esters is 1. The first-order valence-corrected chi connectivity index (χ1v) is 8.04. The zero-order valence-corrected chi connectivity index (χ0v) is 13.5. The Morgan fingerprint density at radius 2 is 1.83 bits per heavy atom. The number of carbonyl (C=O) groups is 1. The fourth-order valence-corrected chi connectivity index (χ4v) is 2.62. The average Bonchev–Trinajstić information content (AvgIpc) is 2.55. The van der Waals surface area contributed by atoms with Crippen molar-refractivity contribution in [1.82, 2.24) is 5.32 Å². The van der Waals surface area contributed by atoms with Crippen LogP contribution in [0.5, 0.6) is 5.75 Å². The first-order chi connectivity index (χ1) is 11.4. The minimum absolute atomic E-state index is 0.0143. The van der Waals surface area contributed by atoms with Crippen LogP contribution in [0.15, 0.2) is 30.3 Å². The number of benzene rings is 1. The zero-order chi connectivity index (χ0) is 17.6. The van der Waals surface area contributed by atoms with Crippen LogP contribution >= 0.6 is 0 Å². The molecule has 0 aliphatic heterocycles. The predicted molar refractivity (Wildman–Crippen MR) is 82.4 cm³/mol. The van der Waals surface area contributed by atoms with Crippen molar-refractivity contribution in [1.29, 1.82) is 0 Å². The molecule has 0 saturated heterocycles. The number of alkyl halides is 3. The van der Waals surface area contributed by atoms with E-state index in [1.807, 2.05) is 18.2 Å². The SMILES string of the molecule is C[C@H](NCOc1ccccc1)C(=O)O[C@H]1CC[C@H](C(F)(F)F)CC1. The summed E-state index contributed by atoms with van der Waals surface area (Å²) in [7, 11) is 0. The number of rotatable bonds is 6. The number of para-hydroxylation sites is 1. The lowest BCUT2D eigenvalue weighted by molar-refractivity contribution is -0.189. The van der Waals surface area contributed by atoms with E-state index >= 15 is 0 Å². The summed E-state index contributed by atoms with van der Waals surface area (Å²) < 4.78 is 48.5. The molecule has 0 unspecified atom stereocenters. The van der Waals surface area contributed by atoms with Crippen LogP contribution in [0.25, 0.3) is 0 Å². The van der Waals surface area contributed by atoms with Gasteiger partial charge >= 0.3 is 12.1 Å². The highest BCUT2D eigenvalue weighted by Gasteiger charge is 2.42. The molecule has 7 heteroatoms. The van der Waals surface area contributed by atoms with Crippen molar-refractivity contribution in [2.24, 2.45) is 5.92 Å². The lowest BCUT2D eigenvalue weighted by Crippen LogP contribution is -2.40. The van der Waals surface area contributed by atoms with Crippen LogP contribution in [0, 0.1) is 5.92 Å². The van der Waals surface area contributed by atoms with Gasteiger partial charge in [-0.1, -0.05) is 18.2 Å². The second-order valence-electron chi connectivity index (χ2n) is 5.98. The van der Waals surface area contributed by atoms with Gasteiger partial charge in [-0.25, -0.2) is 0 Å². The topological polar surface area (TPSA) is 47.6 Å². The van der Waals surface area contributed by atoms with Crippen LogP contribution in [0.1, 0.15) is 32.6 Å². The average molecular weight is 345 g/mol. The number of ether oxygens (including phenoxy) is 2. The highest BCUT2D eigenvalue weighted by atomic mass is 19.4. The first-order valence-electron chi connectivity index (χ1n) is 8.04. The Kier molecular flexibility index (Phi) is 6.48. The van der Waals surface area contributed by atoms with E-state index in [1.54, 1.807) is 19.1 Å². The summed E-state index contributed by atoms with van der Waals surface area (Å²) in [6.45, 7) is 1.78. The number of halogens is 3. The molecular formula is C17H22F3NO3. The second kappa shape index (κ2) is 8.37. The first kappa shape index (κ1) is 18.6. The molecule has 24 heavy (non-hydrogen) atoms. The van der Waals surface area contributed by atoms with Crippen LogP contribution in [0.2, 0.25) is 0 Å². The van der Waals surface area contributed by atoms with E-state index in [2.05, 4.69) is 5.32 Å². The predicted octanol–water partition coefficient (Wildman–Crippen LogP) is 3.67. The molecule has 1 aromatic carbocycles. The molecule has 1 N–H and O–H groups in total. The second-order valence-corrected chi connectivity index (χ2v) is 5.98. The van der Waals surface area contributed by atoms with Gasteiger partial charge in [0.15, 0.2) is 0 Å². The molecule has 0 bridgehead atoms. The van der Waals surface area contributed by atoms with Gasteiger partial charge in [0, 0.05) is 0 Å². The minimum Gasteiger partial charge on any atom is -0.478 e. The summed E-state index contributed by atoms with van der Waals surface area (Å²) in [4.78, 5) is 12.0. The van der Waals surface area contributed by atoms with E-state index < -0.39 is 30.2 Å². The van der Waals surface area contributed by atoms with Gasteiger partial charge in [0.1, 0.15) is 24.6 Å². The maximum absolute atomic E-state index is 12.6. The van der Waals surface area contributed by atoms with Crippen LogP contribution < -0.4 is 10.1 Å². The van der Waals surface area contributed by atoms with Crippen molar-refractivity contribution in [2.45, 2.75) is 50.9 Å². The third-order valence-corrected chi connectivity index (χ3v) is 4.15. The van der Waals surface area contributed by atoms with Crippen LogP contribution in [0.4, 0.5) is 13.2 Å². The molecule has 0 aromatic heterocycles. The van der Waals surface area contributed by atoms with Crippen molar-refractivity contribution in [3.63, 3.8) is 0 Å². The summed E-state index contributed by atoms with van der Waals surface area (Å²) in [5.41, 5.74) is 0. The van der Waals surface area contributed by atoms with Crippen molar-refractivity contribution in [3.8, 4) is 5.75 Å². The lowest BCUT2D eigenvalue weighted by atomic mass is 9.87. The van der Waals surface area contributed by atoms with E-state index in [9.17, 15) is 18.0 Å². The van der Waals surface area contributed by atoms with Crippen LogP contribution in [-0.4, -0.2) is 31.0 Å². The van der Waals surface area contributed by atoms with E-state index in [0.717, 1.165) is 0 Å². The van der Waals surface area contributed by atoms with Gasteiger partial charge in [-0.05, 0) is 44.7 Å². The molecule has 1 fully saturated rings. The van der Waals surface area contributed by atoms with E-state index in [1.165, 1.54) is 0 Å². The van der Waals surface area contributed by atoms with Gasteiger partial charge in [-0.15, -0.1) is 0 Å². The Hall–Kier alpha value is -1.76. The maximum atomic E-state index is 12.6. The Morgan fingerprint density at radius 1 is 1.21 bits per heavy atom. The highest BCUT2D eigenvalue weighted by Crippen LogP contribution is 2.38. The van der Waals surface area contributed by atoms with Crippen molar-refractivity contribution >= 4 is 5.97 Å². The summed E-state index contributed by atoms with van der Waals surface area (Å²) in [5, 5.41) is 2.88. The van der Waals surface area contributed by atoms with E-state index in [4.69, 9.17) is 9.47 Å². The molecule has 1 aromatic rings. The molecular weight excluding hydrogens is 323 g/mol. The third-order valence-electron chi connectivity index (χ3n) is 4.15. The fraction of sp³-hybridized carbons (Fsp3) is 0.588. The molecule has 0 spiro atoms. The highest BCUT2D eigenvalue weighted by molar-refractivity contribution is 5.75. The van der Waals surface area contributed by atoms with Crippen molar-refractivity contribution in [2.75, 3.05) is 6.73 Å². The van der Waals surface area contributed by atoms with Crippen LogP contribution in [0.3, 0.4) is 0 Å². The Balaban J connectivity index is 1.67. The Morgan fingerprint density at radius 3 is 2.42 bits per heavy atom. The molecule has 1 aliphatic rings. The quantitative estimate of drug-likeness (QED) is 0.631. The number of carbonyl (C=O) groups excluding carboxylic acids is 1. The number of hydrogen-bond donors (Lipinski definition) is 1. The molecule has 0 heterocycles. The van der Waals surface area contributed by atoms with Crippen molar-refractivity contribution < 1.29 is 27.4 Å². The van der Waals surface area contributed by atoms with Crippen LogP contribution in [-0.2, 0) is 9.53 Å². The lowest BCUT2D eigenvalue weighted by Gasteiger charge is -2.30. The van der Waals surface area contributed by atoms with Gasteiger partial charge in [-0.2, -0.15) is 13.2 Å². The molecule has 1 saturated carbocycles. The molecule has 134 valence electrons. The molecule has 0 amide bonds. The summed E-state index contributed by atoms with van der Waals surface area (Å²) in [5.74, 6) is -1.07. The Bertz CT molecular complexity index is 514. The van der Waals surface area contributed by atoms with Gasteiger partial charge in [0.25, 0.3) is 0 Å². The monoisotopic (exact) mass is 345 g/mol. The van der Waals surface area contributed by atoms with Gasteiger partial charge in [0.05, 0.1) is 5.92 Å². The maximum Gasteiger partial charge on any atom is 0.391 e. The smallest absolute Gasteiger partial charge is 0.391 e. The number of nitrogens with one attached hydrogen (secondary N) is 1. The van der Waals surface area contributed by atoms with Gasteiger partial charge in [0.2, 0.25) is 0 Å².